The Morgan fingerprint density at radius 1 is 0.750 bits per heavy atom. The molecule has 0 N–H and O–H groups in total. The van der Waals surface area contributed by atoms with E-state index in [1.165, 1.54) is 0 Å². The van der Waals surface area contributed by atoms with Crippen LogP contribution in [0.2, 0.25) is 0 Å². The third kappa shape index (κ3) is 0.578. The van der Waals surface area contributed by atoms with Crippen molar-refractivity contribution in [3.05, 3.63) is 0 Å². The second kappa shape index (κ2) is 1.73. The first kappa shape index (κ1) is 4.81. The fourth-order valence-electron chi connectivity index (χ4n) is 0.607. The van der Waals surface area contributed by atoms with Crippen molar-refractivity contribution in [2.75, 3.05) is 13.6 Å². The van der Waals surface area contributed by atoms with Crippen molar-refractivity contribution >= 4 is 14.0 Å². The summed E-state index contributed by atoms with van der Waals surface area (Å²) in [7, 11) is -0.521. The summed E-state index contributed by atoms with van der Waals surface area (Å²) in [5.41, 5.74) is 0. The van der Waals surface area contributed by atoms with Gasteiger partial charge in [0.2, 0.25) is 0 Å². The molecule has 0 spiro atoms. The summed E-state index contributed by atoms with van der Waals surface area (Å²) in [5.74, 6) is 0. The average Bonchev–Trinajstić information content (AvgIpc) is 1.47. The Balaban J connectivity index is 1.79. The largest absolute Gasteiger partial charge is 0.491 e. The lowest BCUT2D eigenvalue weighted by Gasteiger charge is -2.32. The van der Waals surface area contributed by atoms with Crippen molar-refractivity contribution in [3.63, 3.8) is 0 Å². The highest BCUT2D eigenvalue weighted by molar-refractivity contribution is 7.11. The molecule has 0 aromatic heterocycles. The standard InChI is InChI=1S/C2H4B2O4/c1-5-3(6-1)4-7-2-8-4/h1-2H2. The Morgan fingerprint density at radius 2 is 1.12 bits per heavy atom. The second-order valence-corrected chi connectivity index (χ2v) is 1.64. The van der Waals surface area contributed by atoms with Gasteiger partial charge in [0.05, 0.1) is 0 Å². The first-order valence-electron chi connectivity index (χ1n) is 2.43. The van der Waals surface area contributed by atoms with Crippen LogP contribution in [-0.2, 0) is 18.6 Å². The molecule has 0 aromatic carbocycles. The molecule has 0 bridgehead atoms. The summed E-state index contributed by atoms with van der Waals surface area (Å²) in [4.78, 5) is 0. The lowest BCUT2D eigenvalue weighted by Crippen LogP contribution is -2.58. The molecule has 0 aliphatic carbocycles. The maximum atomic E-state index is 4.86. The summed E-state index contributed by atoms with van der Waals surface area (Å²) >= 11 is 0. The van der Waals surface area contributed by atoms with Crippen LogP contribution in [0, 0.1) is 0 Å². The van der Waals surface area contributed by atoms with Gasteiger partial charge in [-0.1, -0.05) is 0 Å². The molecular formula is C2H4B2O4. The summed E-state index contributed by atoms with van der Waals surface area (Å²) in [5, 5.41) is 0. The summed E-state index contributed by atoms with van der Waals surface area (Å²) < 4.78 is 19.4. The molecule has 2 saturated heterocycles. The third-order valence-corrected chi connectivity index (χ3v) is 1.15. The Labute approximate surface area is 47.3 Å². The highest BCUT2D eigenvalue weighted by Gasteiger charge is 2.48. The summed E-state index contributed by atoms with van der Waals surface area (Å²) in [6.45, 7) is 0.738. The molecule has 0 aromatic rings. The van der Waals surface area contributed by atoms with E-state index in [0.717, 1.165) is 0 Å². The van der Waals surface area contributed by atoms with Crippen LogP contribution < -0.4 is 0 Å². The first-order chi connectivity index (χ1) is 3.97. The van der Waals surface area contributed by atoms with E-state index in [4.69, 9.17) is 18.6 Å². The monoisotopic (exact) mass is 114 g/mol. The van der Waals surface area contributed by atoms with Gasteiger partial charge in [0.1, 0.15) is 13.6 Å². The van der Waals surface area contributed by atoms with Gasteiger partial charge in [-0.05, 0) is 0 Å². The lowest BCUT2D eigenvalue weighted by atomic mass is 9.46. The van der Waals surface area contributed by atoms with Gasteiger partial charge in [-0.15, -0.1) is 0 Å². The van der Waals surface area contributed by atoms with Crippen molar-refractivity contribution in [2.45, 2.75) is 0 Å². The Morgan fingerprint density at radius 3 is 1.25 bits per heavy atom. The molecular weight excluding hydrogens is 110 g/mol. The van der Waals surface area contributed by atoms with Crippen LogP contribution in [-0.4, -0.2) is 27.6 Å². The van der Waals surface area contributed by atoms with Crippen LogP contribution in [0.1, 0.15) is 0 Å². The van der Waals surface area contributed by atoms with E-state index in [9.17, 15) is 0 Å². The minimum absolute atomic E-state index is 0.260. The predicted molar refractivity (Wildman–Crippen MR) is 25.6 cm³/mol. The van der Waals surface area contributed by atoms with Gasteiger partial charge in [0.25, 0.3) is 0 Å². The van der Waals surface area contributed by atoms with Gasteiger partial charge in [0, 0.05) is 0 Å². The van der Waals surface area contributed by atoms with E-state index in [2.05, 4.69) is 0 Å². The molecule has 2 heterocycles. The Kier molecular flexibility index (Phi) is 1.04. The molecule has 8 heavy (non-hydrogen) atoms. The molecule has 0 radical (unpaired) electrons. The Hall–Kier alpha value is -0.0301. The second-order valence-electron chi connectivity index (χ2n) is 1.64. The normalized spacial score (nSPS) is 27.0. The van der Waals surface area contributed by atoms with Crippen molar-refractivity contribution in [1.29, 1.82) is 0 Å². The van der Waals surface area contributed by atoms with Crippen molar-refractivity contribution in [3.8, 4) is 0 Å². The maximum absolute atomic E-state index is 4.86. The molecule has 4 nitrogen and oxygen atoms in total. The molecule has 0 amide bonds. The highest BCUT2D eigenvalue weighted by atomic mass is 16.8. The summed E-state index contributed by atoms with van der Waals surface area (Å²) in [6, 6.07) is 0. The smallest absolute Gasteiger partial charge is 0.391 e. The third-order valence-electron chi connectivity index (χ3n) is 1.15. The minimum Gasteiger partial charge on any atom is -0.391 e. The zero-order chi connectivity index (χ0) is 5.40. The van der Waals surface area contributed by atoms with Gasteiger partial charge in [-0.25, -0.2) is 0 Å². The fraction of sp³-hybridized carbons (Fsp3) is 1.00. The number of hydrogen-bond acceptors (Lipinski definition) is 4. The maximum Gasteiger partial charge on any atom is 0.491 e. The van der Waals surface area contributed by atoms with Crippen molar-refractivity contribution < 1.29 is 18.6 Å². The van der Waals surface area contributed by atoms with Crippen LogP contribution in [0.4, 0.5) is 0 Å². The average molecular weight is 114 g/mol. The molecule has 0 atom stereocenters. The van der Waals surface area contributed by atoms with E-state index >= 15 is 0 Å². The van der Waals surface area contributed by atoms with Crippen LogP contribution in [0.25, 0.3) is 0 Å². The molecule has 0 unspecified atom stereocenters. The summed E-state index contributed by atoms with van der Waals surface area (Å²) in [6.07, 6.45) is 0. The van der Waals surface area contributed by atoms with Crippen molar-refractivity contribution in [1.82, 2.24) is 0 Å². The van der Waals surface area contributed by atoms with Gasteiger partial charge >= 0.3 is 14.0 Å². The fourth-order valence-corrected chi connectivity index (χ4v) is 0.607. The van der Waals surface area contributed by atoms with E-state index in [0.29, 0.717) is 13.6 Å². The molecule has 6 heteroatoms. The van der Waals surface area contributed by atoms with Gasteiger partial charge in [-0.3, -0.25) is 0 Å². The zero-order valence-electron chi connectivity index (χ0n) is 4.20. The van der Waals surface area contributed by atoms with E-state index in [-0.39, 0.29) is 14.0 Å². The van der Waals surface area contributed by atoms with Crippen LogP contribution in [0.3, 0.4) is 0 Å². The minimum atomic E-state index is -0.260. The van der Waals surface area contributed by atoms with Gasteiger partial charge in [0.15, 0.2) is 0 Å². The van der Waals surface area contributed by atoms with Crippen LogP contribution >= 0.6 is 0 Å². The van der Waals surface area contributed by atoms with Crippen LogP contribution in [0.15, 0.2) is 0 Å². The molecule has 2 fully saturated rings. The highest BCUT2D eigenvalue weighted by Crippen LogP contribution is 2.13. The zero-order valence-corrected chi connectivity index (χ0v) is 4.20. The van der Waals surface area contributed by atoms with Crippen LogP contribution in [0.5, 0.6) is 0 Å². The van der Waals surface area contributed by atoms with E-state index in [1.807, 2.05) is 0 Å². The molecule has 0 saturated carbocycles. The lowest BCUT2D eigenvalue weighted by molar-refractivity contribution is -0.0454. The number of rotatable bonds is 1. The number of hydrogen-bond donors (Lipinski definition) is 0. The van der Waals surface area contributed by atoms with Gasteiger partial charge in [-0.2, -0.15) is 0 Å². The molecule has 2 aliphatic heterocycles. The predicted octanol–water partition coefficient (Wildman–Crippen LogP) is -0.950. The Bertz CT molecular complexity index is 78.0. The molecule has 42 valence electrons. The quantitative estimate of drug-likeness (QED) is 0.411. The van der Waals surface area contributed by atoms with Gasteiger partial charge < -0.3 is 18.6 Å². The topological polar surface area (TPSA) is 36.9 Å². The van der Waals surface area contributed by atoms with Crippen molar-refractivity contribution in [2.24, 2.45) is 0 Å². The first-order valence-corrected chi connectivity index (χ1v) is 2.43. The molecule has 2 rings (SSSR count). The SMILES string of the molecule is C1OB(B2OCO2)O1. The van der Waals surface area contributed by atoms with E-state index < -0.39 is 0 Å². The molecule has 2 aliphatic rings. The van der Waals surface area contributed by atoms with E-state index in [1.54, 1.807) is 0 Å².